The summed E-state index contributed by atoms with van der Waals surface area (Å²) in [6.45, 7) is 11.3. The maximum absolute atomic E-state index is 10.6. The van der Waals surface area contributed by atoms with Gasteiger partial charge in [-0.1, -0.05) is 47.0 Å². The van der Waals surface area contributed by atoms with Gasteiger partial charge in [-0.15, -0.1) is 0 Å². The quantitative estimate of drug-likeness (QED) is 0.747. The molecule has 2 unspecified atom stereocenters. The lowest BCUT2D eigenvalue weighted by Gasteiger charge is -2.45. The number of nitrogens with zero attached hydrogens (tertiary/aromatic N) is 1. The average molecular weight is 255 g/mol. The maximum Gasteiger partial charge on any atom is 0.0746 e. The van der Waals surface area contributed by atoms with Gasteiger partial charge < -0.3 is 5.11 Å². The number of hydrogen-bond acceptors (Lipinski definition) is 2. The van der Waals surface area contributed by atoms with Crippen LogP contribution in [-0.4, -0.2) is 35.2 Å². The Morgan fingerprint density at radius 3 is 2.17 bits per heavy atom. The molecule has 0 aliphatic heterocycles. The van der Waals surface area contributed by atoms with Gasteiger partial charge in [-0.05, 0) is 44.2 Å². The van der Waals surface area contributed by atoms with Gasteiger partial charge in [0.05, 0.1) is 6.10 Å². The molecule has 0 bridgehead atoms. The van der Waals surface area contributed by atoms with Crippen LogP contribution in [0.15, 0.2) is 0 Å². The third kappa shape index (κ3) is 4.24. The molecule has 0 saturated heterocycles. The lowest BCUT2D eigenvalue weighted by atomic mass is 9.72. The molecule has 1 saturated carbocycles. The fraction of sp³-hybridized carbons (Fsp3) is 1.00. The summed E-state index contributed by atoms with van der Waals surface area (Å²) < 4.78 is 0. The molecule has 0 aromatic carbocycles. The van der Waals surface area contributed by atoms with E-state index in [1.54, 1.807) is 0 Å². The van der Waals surface area contributed by atoms with Crippen LogP contribution in [0.2, 0.25) is 0 Å². The van der Waals surface area contributed by atoms with Crippen molar-refractivity contribution in [3.05, 3.63) is 0 Å². The fourth-order valence-corrected chi connectivity index (χ4v) is 3.14. The van der Waals surface area contributed by atoms with Crippen LogP contribution in [0.4, 0.5) is 0 Å². The van der Waals surface area contributed by atoms with Crippen LogP contribution in [0.3, 0.4) is 0 Å². The molecular weight excluding hydrogens is 222 g/mol. The summed E-state index contributed by atoms with van der Waals surface area (Å²) in [5.74, 6) is 0. The van der Waals surface area contributed by atoms with Crippen LogP contribution in [0.1, 0.15) is 72.6 Å². The minimum Gasteiger partial charge on any atom is -0.391 e. The molecule has 1 rings (SSSR count). The van der Waals surface area contributed by atoms with E-state index in [0.29, 0.717) is 6.04 Å². The molecular formula is C16H33NO. The van der Waals surface area contributed by atoms with Crippen molar-refractivity contribution in [2.24, 2.45) is 5.41 Å². The zero-order valence-corrected chi connectivity index (χ0v) is 12.9. The Bertz CT molecular complexity index is 219. The average Bonchev–Trinajstić information content (AvgIpc) is 2.34. The van der Waals surface area contributed by atoms with Gasteiger partial charge in [0, 0.05) is 6.04 Å². The second kappa shape index (κ2) is 7.49. The van der Waals surface area contributed by atoms with E-state index >= 15 is 0 Å². The van der Waals surface area contributed by atoms with Gasteiger partial charge in [0.1, 0.15) is 0 Å². The van der Waals surface area contributed by atoms with Crippen molar-refractivity contribution in [3.63, 3.8) is 0 Å². The van der Waals surface area contributed by atoms with Gasteiger partial charge in [0.15, 0.2) is 0 Å². The van der Waals surface area contributed by atoms with E-state index in [9.17, 15) is 5.11 Å². The van der Waals surface area contributed by atoms with Crippen molar-refractivity contribution in [1.29, 1.82) is 0 Å². The van der Waals surface area contributed by atoms with Crippen LogP contribution in [0.25, 0.3) is 0 Å². The smallest absolute Gasteiger partial charge is 0.0746 e. The minimum atomic E-state index is -0.153. The minimum absolute atomic E-state index is 0.0968. The molecule has 2 nitrogen and oxygen atoms in total. The molecule has 1 fully saturated rings. The van der Waals surface area contributed by atoms with Crippen LogP contribution in [-0.2, 0) is 0 Å². The third-order valence-corrected chi connectivity index (χ3v) is 4.55. The van der Waals surface area contributed by atoms with Gasteiger partial charge in [0.2, 0.25) is 0 Å². The molecule has 0 spiro atoms. The van der Waals surface area contributed by atoms with E-state index < -0.39 is 0 Å². The predicted octanol–water partition coefficient (Wildman–Crippen LogP) is 3.83. The molecule has 2 atom stereocenters. The van der Waals surface area contributed by atoms with E-state index in [0.717, 1.165) is 13.1 Å². The lowest BCUT2D eigenvalue weighted by Crippen LogP contribution is -2.52. The molecule has 1 aliphatic rings. The topological polar surface area (TPSA) is 23.5 Å². The van der Waals surface area contributed by atoms with Crippen molar-refractivity contribution < 1.29 is 5.11 Å². The number of hydrogen-bond donors (Lipinski definition) is 1. The molecule has 0 amide bonds. The van der Waals surface area contributed by atoms with Crippen molar-refractivity contribution in [1.82, 2.24) is 4.90 Å². The fourth-order valence-electron chi connectivity index (χ4n) is 3.14. The second-order valence-electron chi connectivity index (χ2n) is 6.64. The van der Waals surface area contributed by atoms with Crippen molar-refractivity contribution >= 4 is 0 Å². The highest BCUT2D eigenvalue weighted by molar-refractivity contribution is 4.93. The van der Waals surface area contributed by atoms with Gasteiger partial charge >= 0.3 is 0 Å². The highest BCUT2D eigenvalue weighted by Gasteiger charge is 2.39. The number of aliphatic hydroxyl groups is 1. The zero-order chi connectivity index (χ0) is 13.6. The molecule has 0 radical (unpaired) electrons. The molecule has 1 aliphatic carbocycles. The van der Waals surface area contributed by atoms with Gasteiger partial charge in [-0.2, -0.15) is 0 Å². The Morgan fingerprint density at radius 1 is 1.11 bits per heavy atom. The Hall–Kier alpha value is -0.0800. The Kier molecular flexibility index (Phi) is 6.65. The summed E-state index contributed by atoms with van der Waals surface area (Å²) in [4.78, 5) is 2.57. The normalized spacial score (nSPS) is 27.7. The van der Waals surface area contributed by atoms with Crippen LogP contribution in [0, 0.1) is 5.41 Å². The van der Waals surface area contributed by atoms with E-state index in [-0.39, 0.29) is 11.5 Å². The van der Waals surface area contributed by atoms with Crippen LogP contribution >= 0.6 is 0 Å². The molecule has 108 valence electrons. The van der Waals surface area contributed by atoms with Crippen LogP contribution in [0.5, 0.6) is 0 Å². The predicted molar refractivity (Wildman–Crippen MR) is 78.8 cm³/mol. The first-order valence-electron chi connectivity index (χ1n) is 7.95. The van der Waals surface area contributed by atoms with Crippen molar-refractivity contribution in [3.8, 4) is 0 Å². The zero-order valence-electron chi connectivity index (χ0n) is 12.9. The first kappa shape index (κ1) is 16.0. The van der Waals surface area contributed by atoms with Crippen molar-refractivity contribution in [2.75, 3.05) is 13.1 Å². The molecule has 1 N–H and O–H groups in total. The monoisotopic (exact) mass is 255 g/mol. The first-order chi connectivity index (χ1) is 8.53. The SMILES string of the molecule is CCCCN(CCCC)C1CCCC(C)(C)C1O. The van der Waals surface area contributed by atoms with Gasteiger partial charge in [0.25, 0.3) is 0 Å². The highest BCUT2D eigenvalue weighted by atomic mass is 16.3. The summed E-state index contributed by atoms with van der Waals surface area (Å²) in [6, 6.07) is 0.395. The number of aliphatic hydroxyl groups excluding tert-OH is 1. The Balaban J connectivity index is 2.63. The largest absolute Gasteiger partial charge is 0.391 e. The summed E-state index contributed by atoms with van der Waals surface area (Å²) in [5.41, 5.74) is 0.0968. The van der Waals surface area contributed by atoms with E-state index in [1.807, 2.05) is 0 Å². The maximum atomic E-state index is 10.6. The van der Waals surface area contributed by atoms with E-state index in [1.165, 1.54) is 44.9 Å². The summed E-state index contributed by atoms with van der Waals surface area (Å²) in [5, 5.41) is 10.6. The standard InChI is InChI=1S/C16H33NO/c1-5-7-12-17(13-8-6-2)14-10-9-11-16(3,4)15(14)18/h14-15,18H,5-13H2,1-4H3. The van der Waals surface area contributed by atoms with Crippen LogP contribution < -0.4 is 0 Å². The molecule has 0 aromatic rings. The molecule has 0 aromatic heterocycles. The van der Waals surface area contributed by atoms with E-state index in [2.05, 4.69) is 32.6 Å². The van der Waals surface area contributed by atoms with Gasteiger partial charge in [-0.3, -0.25) is 4.90 Å². The summed E-state index contributed by atoms with van der Waals surface area (Å²) >= 11 is 0. The van der Waals surface area contributed by atoms with Gasteiger partial charge in [-0.25, -0.2) is 0 Å². The second-order valence-corrected chi connectivity index (χ2v) is 6.64. The Morgan fingerprint density at radius 2 is 1.67 bits per heavy atom. The number of unbranched alkanes of at least 4 members (excludes halogenated alkanes) is 2. The third-order valence-electron chi connectivity index (χ3n) is 4.55. The highest BCUT2D eigenvalue weighted by Crippen LogP contribution is 2.37. The molecule has 0 heterocycles. The first-order valence-corrected chi connectivity index (χ1v) is 7.95. The summed E-state index contributed by atoms with van der Waals surface area (Å²) in [6.07, 6.45) is 8.46. The lowest BCUT2D eigenvalue weighted by molar-refractivity contribution is -0.0578. The van der Waals surface area contributed by atoms with E-state index in [4.69, 9.17) is 0 Å². The molecule has 2 heteroatoms. The van der Waals surface area contributed by atoms with Crippen molar-refractivity contribution in [2.45, 2.75) is 84.8 Å². The Labute approximate surface area is 114 Å². The molecule has 18 heavy (non-hydrogen) atoms. The summed E-state index contributed by atoms with van der Waals surface area (Å²) in [7, 11) is 0. The number of rotatable bonds is 7.